The first-order chi connectivity index (χ1) is 13.8. The fourth-order valence-corrected chi connectivity index (χ4v) is 4.89. The summed E-state index contributed by atoms with van der Waals surface area (Å²) in [6.07, 6.45) is 4.01. The van der Waals surface area contributed by atoms with Crippen molar-refractivity contribution in [2.45, 2.75) is 42.5 Å². The van der Waals surface area contributed by atoms with E-state index in [2.05, 4.69) is 11.4 Å². The molecule has 0 radical (unpaired) electrons. The first-order valence-corrected chi connectivity index (χ1v) is 11.2. The molecule has 0 aliphatic heterocycles. The minimum atomic E-state index is -3.89. The van der Waals surface area contributed by atoms with Crippen LogP contribution in [-0.2, 0) is 10.0 Å². The lowest BCUT2D eigenvalue weighted by molar-refractivity contribution is 0.0902. The molecule has 29 heavy (non-hydrogen) atoms. The number of nitrogens with one attached hydrogen (secondary N) is 1. The van der Waals surface area contributed by atoms with Crippen LogP contribution >= 0.6 is 11.6 Å². The van der Waals surface area contributed by atoms with Gasteiger partial charge in [0.15, 0.2) is 0 Å². The number of anilines is 1. The predicted molar refractivity (Wildman–Crippen MR) is 112 cm³/mol. The minimum Gasteiger partial charge on any atom is -0.334 e. The van der Waals surface area contributed by atoms with Gasteiger partial charge in [-0.15, -0.1) is 0 Å². The lowest BCUT2D eigenvalue weighted by atomic mass is 9.82. The first-order valence-electron chi connectivity index (χ1n) is 9.36. The monoisotopic (exact) mass is 431 g/mol. The summed E-state index contributed by atoms with van der Waals surface area (Å²) >= 11 is 5.97. The Morgan fingerprint density at radius 1 is 1.14 bits per heavy atom. The van der Waals surface area contributed by atoms with E-state index in [9.17, 15) is 18.5 Å². The average Bonchev–Trinajstić information content (AvgIpc) is 2.74. The molecule has 1 saturated carbocycles. The number of sulfonamides is 1. The molecule has 1 amide bonds. The van der Waals surface area contributed by atoms with E-state index in [0.717, 1.165) is 23.6 Å². The molecule has 152 valence electrons. The summed E-state index contributed by atoms with van der Waals surface area (Å²) in [7, 11) is -2.46. The number of benzene rings is 2. The highest BCUT2D eigenvalue weighted by atomic mass is 35.5. The second-order valence-electron chi connectivity index (χ2n) is 7.19. The molecule has 0 bridgehead atoms. The van der Waals surface area contributed by atoms with E-state index in [0.29, 0.717) is 23.6 Å². The van der Waals surface area contributed by atoms with Crippen LogP contribution in [0.1, 0.15) is 42.5 Å². The zero-order valence-corrected chi connectivity index (χ0v) is 17.6. The van der Waals surface area contributed by atoms with Crippen molar-refractivity contribution < 1.29 is 13.2 Å². The molecule has 1 aliphatic rings. The van der Waals surface area contributed by atoms with Crippen LogP contribution in [0, 0.1) is 11.3 Å². The number of amides is 1. The molecule has 0 unspecified atom stereocenters. The van der Waals surface area contributed by atoms with Crippen molar-refractivity contribution >= 4 is 33.2 Å². The van der Waals surface area contributed by atoms with Crippen molar-refractivity contribution in [1.82, 2.24) is 5.32 Å². The summed E-state index contributed by atoms with van der Waals surface area (Å²) in [6.45, 7) is 0. The number of carbonyl (C=O) groups is 1. The van der Waals surface area contributed by atoms with Gasteiger partial charge in [-0.3, -0.25) is 9.10 Å². The second kappa shape index (κ2) is 8.44. The maximum absolute atomic E-state index is 13.0. The van der Waals surface area contributed by atoms with Gasteiger partial charge in [-0.1, -0.05) is 43.0 Å². The number of nitrogens with zero attached hydrogens (tertiary/aromatic N) is 2. The summed E-state index contributed by atoms with van der Waals surface area (Å²) in [4.78, 5) is 12.7. The Labute approximate surface area is 176 Å². The van der Waals surface area contributed by atoms with Crippen LogP contribution in [0.25, 0.3) is 0 Å². The van der Waals surface area contributed by atoms with Crippen molar-refractivity contribution in [1.29, 1.82) is 5.26 Å². The van der Waals surface area contributed by atoms with Gasteiger partial charge in [0, 0.05) is 17.6 Å². The third-order valence-electron chi connectivity index (χ3n) is 5.20. The molecule has 0 atom stereocenters. The molecule has 8 heteroatoms. The van der Waals surface area contributed by atoms with Crippen molar-refractivity contribution in [3.8, 4) is 6.07 Å². The van der Waals surface area contributed by atoms with Crippen molar-refractivity contribution in [2.75, 3.05) is 11.4 Å². The molecule has 0 spiro atoms. The zero-order valence-electron chi connectivity index (χ0n) is 16.1. The molecule has 6 nitrogen and oxygen atoms in total. The summed E-state index contributed by atoms with van der Waals surface area (Å²) in [5.41, 5.74) is -0.273. The molecule has 2 aromatic carbocycles. The third kappa shape index (κ3) is 4.55. The van der Waals surface area contributed by atoms with Gasteiger partial charge in [-0.25, -0.2) is 8.42 Å². The number of rotatable bonds is 5. The van der Waals surface area contributed by atoms with Crippen molar-refractivity contribution in [3.05, 3.63) is 59.1 Å². The molecule has 3 rings (SSSR count). The van der Waals surface area contributed by atoms with Gasteiger partial charge in [-0.2, -0.15) is 5.26 Å². The summed E-state index contributed by atoms with van der Waals surface area (Å²) in [6, 6.07) is 14.6. The lowest BCUT2D eigenvalue weighted by Crippen LogP contribution is -2.48. The van der Waals surface area contributed by atoms with E-state index in [1.807, 2.05) is 0 Å². The van der Waals surface area contributed by atoms with E-state index in [4.69, 9.17) is 11.6 Å². The second-order valence-corrected chi connectivity index (χ2v) is 9.59. The lowest BCUT2D eigenvalue weighted by Gasteiger charge is -2.31. The molecule has 0 heterocycles. The van der Waals surface area contributed by atoms with Gasteiger partial charge in [0.2, 0.25) is 0 Å². The molecule has 0 saturated heterocycles. The van der Waals surface area contributed by atoms with Gasteiger partial charge in [0.1, 0.15) is 5.54 Å². The Kier molecular flexibility index (Phi) is 6.15. The normalized spacial score (nSPS) is 15.9. The van der Waals surface area contributed by atoms with Gasteiger partial charge in [0.25, 0.3) is 15.9 Å². The van der Waals surface area contributed by atoms with Crippen LogP contribution in [-0.4, -0.2) is 26.9 Å². The van der Waals surface area contributed by atoms with Crippen molar-refractivity contribution in [2.24, 2.45) is 0 Å². The number of nitriles is 1. The van der Waals surface area contributed by atoms with E-state index >= 15 is 0 Å². The summed E-state index contributed by atoms with van der Waals surface area (Å²) in [5, 5.41) is 12.8. The van der Waals surface area contributed by atoms with Crippen molar-refractivity contribution in [3.63, 3.8) is 0 Å². The minimum absolute atomic E-state index is 0.0118. The van der Waals surface area contributed by atoms with Crippen LogP contribution in [0.15, 0.2) is 53.4 Å². The van der Waals surface area contributed by atoms with Gasteiger partial charge >= 0.3 is 0 Å². The quantitative estimate of drug-likeness (QED) is 0.770. The first kappa shape index (κ1) is 21.2. The molecule has 1 fully saturated rings. The van der Waals surface area contributed by atoms with Gasteiger partial charge < -0.3 is 5.32 Å². The molecular weight excluding hydrogens is 410 g/mol. The fraction of sp³-hybridized carbons (Fsp3) is 0.333. The van der Waals surface area contributed by atoms with Crippen LogP contribution in [0.3, 0.4) is 0 Å². The van der Waals surface area contributed by atoms with E-state index in [1.54, 1.807) is 30.3 Å². The number of halogens is 1. The molecule has 0 aromatic heterocycles. The maximum Gasteiger partial charge on any atom is 0.264 e. The smallest absolute Gasteiger partial charge is 0.264 e. The highest BCUT2D eigenvalue weighted by Gasteiger charge is 2.34. The third-order valence-corrected chi connectivity index (χ3v) is 7.22. The molecule has 1 aliphatic carbocycles. The van der Waals surface area contributed by atoms with Gasteiger partial charge in [-0.05, 0) is 49.2 Å². The Balaban J connectivity index is 1.86. The van der Waals surface area contributed by atoms with Crippen LogP contribution < -0.4 is 9.62 Å². The summed E-state index contributed by atoms with van der Waals surface area (Å²) in [5.74, 6) is -0.448. The van der Waals surface area contributed by atoms with Crippen LogP contribution in [0.2, 0.25) is 5.02 Å². The molecular formula is C21H22ClN3O3S. The SMILES string of the molecule is CN(c1cccc(Cl)c1)S(=O)(=O)c1cccc(C(=O)NC2(C#N)CCCCC2)c1. The molecule has 2 aromatic rings. The number of hydrogen-bond donors (Lipinski definition) is 1. The Bertz CT molecular complexity index is 1060. The summed E-state index contributed by atoms with van der Waals surface area (Å²) < 4.78 is 27.2. The van der Waals surface area contributed by atoms with E-state index < -0.39 is 21.5 Å². The van der Waals surface area contributed by atoms with Crippen LogP contribution in [0.5, 0.6) is 0 Å². The number of carbonyl (C=O) groups excluding carboxylic acids is 1. The average molecular weight is 432 g/mol. The zero-order chi connectivity index (χ0) is 21.1. The Hall–Kier alpha value is -2.56. The fourth-order valence-electron chi connectivity index (χ4n) is 3.48. The topological polar surface area (TPSA) is 90.3 Å². The Morgan fingerprint density at radius 3 is 2.48 bits per heavy atom. The standard InChI is InChI=1S/C21H22ClN3O3S/c1-25(18-9-6-8-17(22)14-18)29(27,28)19-10-5-7-16(13-19)20(26)24-21(15-23)11-3-2-4-12-21/h5-10,13-14H,2-4,11-12H2,1H3,(H,24,26). The Morgan fingerprint density at radius 2 is 1.83 bits per heavy atom. The number of hydrogen-bond acceptors (Lipinski definition) is 4. The van der Waals surface area contributed by atoms with E-state index in [-0.39, 0.29) is 10.5 Å². The highest BCUT2D eigenvalue weighted by Crippen LogP contribution is 2.29. The predicted octanol–water partition coefficient (Wildman–Crippen LogP) is 4.12. The van der Waals surface area contributed by atoms with E-state index in [1.165, 1.54) is 25.2 Å². The maximum atomic E-state index is 13.0. The van der Waals surface area contributed by atoms with Gasteiger partial charge in [0.05, 0.1) is 16.7 Å². The van der Waals surface area contributed by atoms with Crippen LogP contribution in [0.4, 0.5) is 5.69 Å². The molecule has 1 N–H and O–H groups in total. The highest BCUT2D eigenvalue weighted by molar-refractivity contribution is 7.92. The largest absolute Gasteiger partial charge is 0.334 e.